The van der Waals surface area contributed by atoms with Crippen LogP contribution in [-0.2, 0) is 14.8 Å². The number of nitrogens with one attached hydrogen (secondary N) is 1. The molecular formula is C28H33ClN2O4S. The zero-order chi connectivity index (χ0) is 26.8. The van der Waals surface area contributed by atoms with E-state index in [2.05, 4.69) is 17.4 Å². The predicted octanol–water partition coefficient (Wildman–Crippen LogP) is 5.96. The Kier molecular flexibility index (Phi) is 8.37. The molecule has 0 radical (unpaired) electrons. The Bertz CT molecular complexity index is 1400. The van der Waals surface area contributed by atoms with Crippen molar-refractivity contribution in [2.24, 2.45) is 0 Å². The number of carbonyl (C=O) groups is 1. The molecule has 0 bridgehead atoms. The van der Waals surface area contributed by atoms with Crippen molar-refractivity contribution in [3.05, 3.63) is 86.9 Å². The lowest BCUT2D eigenvalue weighted by atomic mass is 9.96. The van der Waals surface area contributed by atoms with E-state index in [1.807, 2.05) is 34.6 Å². The van der Waals surface area contributed by atoms with E-state index in [9.17, 15) is 13.2 Å². The van der Waals surface area contributed by atoms with Gasteiger partial charge in [0.1, 0.15) is 17.2 Å². The zero-order valence-corrected chi connectivity index (χ0v) is 23.3. The lowest BCUT2D eigenvalue weighted by Gasteiger charge is -2.26. The standard InChI is InChI=1S/C28H33ClN2O4S/c1-17-8-11-26(35-7)27(12-17)36(33,34)31(23-10-9-18(2)25(29)15-23)16-28(32)30-22(6)24-14-20(4)19(3)13-21(24)5/h8-15,22H,16H2,1-7H3,(H,30,32)/t22-/m1/s1. The lowest BCUT2D eigenvalue weighted by molar-refractivity contribution is -0.120. The summed E-state index contributed by atoms with van der Waals surface area (Å²) in [6.07, 6.45) is 0. The van der Waals surface area contributed by atoms with E-state index in [0.717, 1.165) is 32.1 Å². The molecule has 0 aliphatic carbocycles. The highest BCUT2D eigenvalue weighted by molar-refractivity contribution is 7.93. The molecule has 6 nitrogen and oxygen atoms in total. The van der Waals surface area contributed by atoms with Crippen molar-refractivity contribution in [1.29, 1.82) is 0 Å². The van der Waals surface area contributed by atoms with Gasteiger partial charge in [-0.1, -0.05) is 35.9 Å². The summed E-state index contributed by atoms with van der Waals surface area (Å²) in [6, 6.07) is 13.7. The van der Waals surface area contributed by atoms with E-state index < -0.39 is 22.5 Å². The fourth-order valence-electron chi connectivity index (χ4n) is 4.10. The molecule has 0 aliphatic heterocycles. The highest BCUT2D eigenvalue weighted by Gasteiger charge is 2.31. The zero-order valence-electron chi connectivity index (χ0n) is 21.8. The van der Waals surface area contributed by atoms with Gasteiger partial charge in [0.15, 0.2) is 0 Å². The number of nitrogens with zero attached hydrogens (tertiary/aromatic N) is 1. The molecule has 1 N–H and O–H groups in total. The van der Waals surface area contributed by atoms with Crippen molar-refractivity contribution in [3.8, 4) is 5.75 Å². The molecule has 0 unspecified atom stereocenters. The van der Waals surface area contributed by atoms with Crippen LogP contribution in [0, 0.1) is 34.6 Å². The van der Waals surface area contributed by atoms with Gasteiger partial charge in [0, 0.05) is 5.02 Å². The third kappa shape index (κ3) is 5.85. The molecule has 0 saturated heterocycles. The van der Waals surface area contributed by atoms with Crippen molar-refractivity contribution in [2.45, 2.75) is 52.5 Å². The normalized spacial score (nSPS) is 12.2. The first kappa shape index (κ1) is 27.6. The first-order valence-corrected chi connectivity index (χ1v) is 13.5. The SMILES string of the molecule is COc1ccc(C)cc1S(=O)(=O)N(CC(=O)N[C@H](C)c1cc(C)c(C)cc1C)c1ccc(C)c(Cl)c1. The average Bonchev–Trinajstić information content (AvgIpc) is 2.81. The third-order valence-corrected chi connectivity index (χ3v) is 8.55. The number of aryl methyl sites for hydroxylation is 5. The molecule has 36 heavy (non-hydrogen) atoms. The molecule has 8 heteroatoms. The maximum Gasteiger partial charge on any atom is 0.268 e. The molecular weight excluding hydrogens is 496 g/mol. The molecule has 3 aromatic carbocycles. The number of hydrogen-bond acceptors (Lipinski definition) is 4. The Hall–Kier alpha value is -3.03. The Morgan fingerprint density at radius 2 is 1.61 bits per heavy atom. The van der Waals surface area contributed by atoms with Crippen LogP contribution in [-0.4, -0.2) is 28.0 Å². The van der Waals surface area contributed by atoms with Crippen LogP contribution in [0.3, 0.4) is 0 Å². The van der Waals surface area contributed by atoms with Crippen LogP contribution in [0.15, 0.2) is 53.4 Å². The van der Waals surface area contributed by atoms with E-state index in [1.165, 1.54) is 18.7 Å². The lowest BCUT2D eigenvalue weighted by Crippen LogP contribution is -2.41. The summed E-state index contributed by atoms with van der Waals surface area (Å²) in [7, 11) is -2.76. The minimum absolute atomic E-state index is 0.0208. The number of ether oxygens (including phenoxy) is 1. The molecule has 0 fully saturated rings. The van der Waals surface area contributed by atoms with E-state index in [0.29, 0.717) is 10.7 Å². The molecule has 0 heterocycles. The summed E-state index contributed by atoms with van der Waals surface area (Å²) in [4.78, 5) is 13.2. The van der Waals surface area contributed by atoms with Crippen LogP contribution in [0.2, 0.25) is 5.02 Å². The van der Waals surface area contributed by atoms with Crippen molar-refractivity contribution >= 4 is 33.2 Å². The van der Waals surface area contributed by atoms with E-state index >= 15 is 0 Å². The number of hydrogen-bond donors (Lipinski definition) is 1. The maximum absolute atomic E-state index is 13.9. The number of halogens is 1. The fraction of sp³-hybridized carbons (Fsp3) is 0.321. The van der Waals surface area contributed by atoms with Crippen molar-refractivity contribution in [3.63, 3.8) is 0 Å². The average molecular weight is 529 g/mol. The van der Waals surface area contributed by atoms with Gasteiger partial charge >= 0.3 is 0 Å². The van der Waals surface area contributed by atoms with E-state index in [4.69, 9.17) is 16.3 Å². The number of anilines is 1. The molecule has 0 aliphatic rings. The molecule has 0 saturated carbocycles. The third-order valence-electron chi connectivity index (χ3n) is 6.34. The van der Waals surface area contributed by atoms with Crippen LogP contribution >= 0.6 is 11.6 Å². The summed E-state index contributed by atoms with van der Waals surface area (Å²) in [6.45, 7) is 11.2. The topological polar surface area (TPSA) is 75.7 Å². The Balaban J connectivity index is 2.01. The quantitative estimate of drug-likeness (QED) is 0.391. The fourth-order valence-corrected chi connectivity index (χ4v) is 5.93. The largest absolute Gasteiger partial charge is 0.495 e. The Labute approximate surface area is 219 Å². The van der Waals surface area contributed by atoms with Crippen LogP contribution < -0.4 is 14.4 Å². The molecule has 3 rings (SSSR count). The minimum Gasteiger partial charge on any atom is -0.495 e. The van der Waals surface area contributed by atoms with Crippen molar-refractivity contribution in [2.75, 3.05) is 18.0 Å². The number of amides is 1. The van der Waals surface area contributed by atoms with Gasteiger partial charge in [0.25, 0.3) is 10.0 Å². The van der Waals surface area contributed by atoms with Crippen molar-refractivity contribution in [1.82, 2.24) is 5.32 Å². The second kappa shape index (κ2) is 10.9. The number of methoxy groups -OCH3 is 1. The maximum atomic E-state index is 13.9. The summed E-state index contributed by atoms with van der Waals surface area (Å²) in [5.41, 5.74) is 6.19. The predicted molar refractivity (Wildman–Crippen MR) is 146 cm³/mol. The van der Waals surface area contributed by atoms with Crippen LogP contribution in [0.25, 0.3) is 0 Å². The van der Waals surface area contributed by atoms with Gasteiger partial charge in [-0.05, 0) is 99.2 Å². The molecule has 3 aromatic rings. The van der Waals surface area contributed by atoms with Gasteiger partial charge in [0.05, 0.1) is 18.8 Å². The molecule has 192 valence electrons. The minimum atomic E-state index is -4.18. The monoisotopic (exact) mass is 528 g/mol. The van der Waals surface area contributed by atoms with Gasteiger partial charge in [-0.2, -0.15) is 0 Å². The Morgan fingerprint density at radius 3 is 2.25 bits per heavy atom. The number of sulfonamides is 1. The van der Waals surface area contributed by atoms with Crippen molar-refractivity contribution < 1.29 is 17.9 Å². The van der Waals surface area contributed by atoms with Gasteiger partial charge in [0.2, 0.25) is 5.91 Å². The summed E-state index contributed by atoms with van der Waals surface area (Å²) >= 11 is 6.34. The Morgan fingerprint density at radius 1 is 0.944 bits per heavy atom. The van der Waals surface area contributed by atoms with E-state index in [1.54, 1.807) is 37.3 Å². The second-order valence-corrected chi connectivity index (χ2v) is 11.4. The van der Waals surface area contributed by atoms with Gasteiger partial charge in [-0.15, -0.1) is 0 Å². The van der Waals surface area contributed by atoms with Gasteiger partial charge in [-0.25, -0.2) is 8.42 Å². The summed E-state index contributed by atoms with van der Waals surface area (Å²) in [5, 5.41) is 3.37. The molecule has 0 spiro atoms. The summed E-state index contributed by atoms with van der Waals surface area (Å²) < 4.78 is 34.2. The molecule has 1 atom stereocenters. The molecule has 1 amide bonds. The number of benzene rings is 3. The molecule has 0 aromatic heterocycles. The van der Waals surface area contributed by atoms with Crippen LogP contribution in [0.5, 0.6) is 5.75 Å². The number of rotatable bonds is 8. The first-order chi connectivity index (χ1) is 16.8. The highest BCUT2D eigenvalue weighted by atomic mass is 35.5. The highest BCUT2D eigenvalue weighted by Crippen LogP contribution is 2.33. The van der Waals surface area contributed by atoms with Crippen LogP contribution in [0.4, 0.5) is 5.69 Å². The van der Waals surface area contributed by atoms with Gasteiger partial charge in [-0.3, -0.25) is 9.10 Å². The van der Waals surface area contributed by atoms with Gasteiger partial charge < -0.3 is 10.1 Å². The van der Waals surface area contributed by atoms with Crippen LogP contribution in [0.1, 0.15) is 46.3 Å². The first-order valence-electron chi connectivity index (χ1n) is 11.7. The number of carbonyl (C=O) groups excluding carboxylic acids is 1. The summed E-state index contributed by atoms with van der Waals surface area (Å²) in [5.74, 6) is -0.240. The second-order valence-electron chi connectivity index (χ2n) is 9.18. The smallest absolute Gasteiger partial charge is 0.268 e. The van der Waals surface area contributed by atoms with E-state index in [-0.39, 0.29) is 16.7 Å².